The first-order chi connectivity index (χ1) is 9.81. The van der Waals surface area contributed by atoms with Crippen LogP contribution >= 0.6 is 12.2 Å². The molecule has 20 heavy (non-hydrogen) atoms. The average Bonchev–Trinajstić information content (AvgIpc) is 2.95. The van der Waals surface area contributed by atoms with Crippen molar-refractivity contribution >= 4 is 23.0 Å². The van der Waals surface area contributed by atoms with E-state index in [2.05, 4.69) is 15.5 Å². The summed E-state index contributed by atoms with van der Waals surface area (Å²) < 4.78 is 0. The van der Waals surface area contributed by atoms with Crippen molar-refractivity contribution in [2.45, 2.75) is 31.7 Å². The Kier molecular flexibility index (Phi) is 4.53. The highest BCUT2D eigenvalue weighted by Gasteiger charge is 2.33. The number of benzene rings is 1. The fourth-order valence-electron chi connectivity index (χ4n) is 3.13. The summed E-state index contributed by atoms with van der Waals surface area (Å²) in [5.41, 5.74) is 1.06. The zero-order chi connectivity index (χ0) is 13.8. The molecule has 0 spiro atoms. The molecule has 108 valence electrons. The summed E-state index contributed by atoms with van der Waals surface area (Å²) >= 11 is 5.41. The van der Waals surface area contributed by atoms with Crippen LogP contribution in [0.1, 0.15) is 25.7 Å². The van der Waals surface area contributed by atoms with Gasteiger partial charge < -0.3 is 15.5 Å². The van der Waals surface area contributed by atoms with Gasteiger partial charge in [-0.05, 0) is 69.0 Å². The molecule has 4 heteroatoms. The van der Waals surface area contributed by atoms with Crippen LogP contribution in [-0.4, -0.2) is 35.7 Å². The van der Waals surface area contributed by atoms with Crippen molar-refractivity contribution in [3.63, 3.8) is 0 Å². The maximum atomic E-state index is 5.41. The van der Waals surface area contributed by atoms with Gasteiger partial charge in [0.15, 0.2) is 5.11 Å². The molecule has 1 aromatic rings. The fourth-order valence-corrected chi connectivity index (χ4v) is 3.40. The molecule has 2 N–H and O–H groups in total. The van der Waals surface area contributed by atoms with E-state index in [9.17, 15) is 0 Å². The Morgan fingerprint density at radius 2 is 1.90 bits per heavy atom. The van der Waals surface area contributed by atoms with Crippen molar-refractivity contribution in [1.82, 2.24) is 10.2 Å². The minimum Gasteiger partial charge on any atom is -0.359 e. The van der Waals surface area contributed by atoms with E-state index in [0.717, 1.165) is 16.7 Å². The van der Waals surface area contributed by atoms with E-state index in [0.29, 0.717) is 6.04 Å². The lowest BCUT2D eigenvalue weighted by molar-refractivity contribution is 0.163. The Bertz CT molecular complexity index is 442. The van der Waals surface area contributed by atoms with Gasteiger partial charge in [-0.2, -0.15) is 0 Å². The Labute approximate surface area is 126 Å². The van der Waals surface area contributed by atoms with Gasteiger partial charge in [-0.15, -0.1) is 0 Å². The number of rotatable bonds is 4. The van der Waals surface area contributed by atoms with Crippen LogP contribution in [0, 0.1) is 5.92 Å². The van der Waals surface area contributed by atoms with Crippen LogP contribution in [-0.2, 0) is 0 Å². The SMILES string of the molecule is S=C(Nc1ccccc1)N[C@H]1CC[C@H]1CN1CCCC1. The van der Waals surface area contributed by atoms with E-state index in [1.807, 2.05) is 30.3 Å². The molecule has 3 nitrogen and oxygen atoms in total. The molecule has 0 unspecified atom stereocenters. The molecule has 1 aromatic carbocycles. The van der Waals surface area contributed by atoms with Crippen LogP contribution in [0.15, 0.2) is 30.3 Å². The zero-order valence-corrected chi connectivity index (χ0v) is 12.7. The van der Waals surface area contributed by atoms with Gasteiger partial charge in [-0.1, -0.05) is 18.2 Å². The molecule has 2 fully saturated rings. The van der Waals surface area contributed by atoms with Crippen LogP contribution in [0.4, 0.5) is 5.69 Å². The van der Waals surface area contributed by atoms with Gasteiger partial charge in [-0.25, -0.2) is 0 Å². The number of nitrogens with one attached hydrogen (secondary N) is 2. The first-order valence-corrected chi connectivity index (χ1v) is 8.07. The minimum absolute atomic E-state index is 0.555. The van der Waals surface area contributed by atoms with Gasteiger partial charge in [0.2, 0.25) is 0 Å². The first-order valence-electron chi connectivity index (χ1n) is 7.66. The number of likely N-dealkylation sites (tertiary alicyclic amines) is 1. The predicted octanol–water partition coefficient (Wildman–Crippen LogP) is 2.85. The van der Waals surface area contributed by atoms with Gasteiger partial charge in [0, 0.05) is 18.3 Å². The van der Waals surface area contributed by atoms with Gasteiger partial charge in [0.1, 0.15) is 0 Å². The van der Waals surface area contributed by atoms with Gasteiger partial charge in [-0.3, -0.25) is 0 Å². The lowest BCUT2D eigenvalue weighted by Gasteiger charge is -2.40. The lowest BCUT2D eigenvalue weighted by atomic mass is 9.79. The summed E-state index contributed by atoms with van der Waals surface area (Å²) in [7, 11) is 0. The number of para-hydroxylation sites is 1. The quantitative estimate of drug-likeness (QED) is 0.834. The predicted molar refractivity (Wildman–Crippen MR) is 88.0 cm³/mol. The molecule has 1 aliphatic carbocycles. The van der Waals surface area contributed by atoms with Crippen LogP contribution in [0.3, 0.4) is 0 Å². The summed E-state index contributed by atoms with van der Waals surface area (Å²) in [5.74, 6) is 0.767. The Morgan fingerprint density at radius 1 is 1.15 bits per heavy atom. The number of nitrogens with zero attached hydrogens (tertiary/aromatic N) is 1. The van der Waals surface area contributed by atoms with Crippen molar-refractivity contribution in [3.05, 3.63) is 30.3 Å². The van der Waals surface area contributed by atoms with E-state index in [4.69, 9.17) is 12.2 Å². The summed E-state index contributed by atoms with van der Waals surface area (Å²) in [6, 6.07) is 10.7. The van der Waals surface area contributed by atoms with Crippen molar-refractivity contribution in [2.24, 2.45) is 5.92 Å². The summed E-state index contributed by atoms with van der Waals surface area (Å²) in [6.07, 6.45) is 5.33. The highest BCUT2D eigenvalue weighted by Crippen LogP contribution is 2.29. The molecule has 0 amide bonds. The zero-order valence-electron chi connectivity index (χ0n) is 11.8. The number of anilines is 1. The minimum atomic E-state index is 0.555. The third kappa shape index (κ3) is 3.49. The van der Waals surface area contributed by atoms with Crippen LogP contribution in [0.2, 0.25) is 0 Å². The number of hydrogen-bond donors (Lipinski definition) is 2. The Balaban J connectivity index is 1.44. The smallest absolute Gasteiger partial charge is 0.171 e. The molecule has 2 aliphatic rings. The highest BCUT2D eigenvalue weighted by atomic mass is 32.1. The molecule has 0 radical (unpaired) electrons. The molecule has 3 rings (SSSR count). The molecule has 2 atom stereocenters. The van der Waals surface area contributed by atoms with Crippen LogP contribution in [0.5, 0.6) is 0 Å². The van der Waals surface area contributed by atoms with Gasteiger partial charge in [0.05, 0.1) is 0 Å². The largest absolute Gasteiger partial charge is 0.359 e. The topological polar surface area (TPSA) is 27.3 Å². The summed E-state index contributed by atoms with van der Waals surface area (Å²) in [4.78, 5) is 2.60. The third-order valence-corrected chi connectivity index (χ3v) is 4.68. The van der Waals surface area contributed by atoms with Crippen LogP contribution in [0.25, 0.3) is 0 Å². The molecule has 0 aromatic heterocycles. The summed E-state index contributed by atoms with van der Waals surface area (Å²) in [5, 5.41) is 7.50. The van der Waals surface area contributed by atoms with Crippen molar-refractivity contribution in [1.29, 1.82) is 0 Å². The normalized spacial score (nSPS) is 26.0. The lowest BCUT2D eigenvalue weighted by Crippen LogP contribution is -2.51. The summed E-state index contributed by atoms with van der Waals surface area (Å²) in [6.45, 7) is 3.82. The molecule has 1 saturated heterocycles. The Hall–Kier alpha value is -1.13. The molecular weight excluding hydrogens is 266 g/mol. The van der Waals surface area contributed by atoms with E-state index < -0.39 is 0 Å². The number of thiocarbonyl (C=S) groups is 1. The Morgan fingerprint density at radius 3 is 2.55 bits per heavy atom. The van der Waals surface area contributed by atoms with Crippen LogP contribution < -0.4 is 10.6 Å². The average molecular weight is 289 g/mol. The second-order valence-electron chi connectivity index (χ2n) is 5.92. The molecule has 1 heterocycles. The fraction of sp³-hybridized carbons (Fsp3) is 0.562. The van der Waals surface area contributed by atoms with Crippen molar-refractivity contribution in [2.75, 3.05) is 25.0 Å². The second-order valence-corrected chi connectivity index (χ2v) is 6.32. The second kappa shape index (κ2) is 6.55. The standard InChI is InChI=1S/C16H23N3S/c20-16(17-14-6-2-1-3-7-14)18-15-9-8-13(15)12-19-10-4-5-11-19/h1-3,6-7,13,15H,4-5,8-12H2,(H2,17,18,20)/t13-,15-/m0/s1. The molecule has 0 bridgehead atoms. The van der Waals surface area contributed by atoms with E-state index in [-0.39, 0.29) is 0 Å². The van der Waals surface area contributed by atoms with E-state index in [1.165, 1.54) is 45.3 Å². The molecule has 1 aliphatic heterocycles. The maximum absolute atomic E-state index is 5.41. The molecule has 1 saturated carbocycles. The monoisotopic (exact) mass is 289 g/mol. The maximum Gasteiger partial charge on any atom is 0.171 e. The van der Waals surface area contributed by atoms with Gasteiger partial charge in [0.25, 0.3) is 0 Å². The molecular formula is C16H23N3S. The van der Waals surface area contributed by atoms with Crippen molar-refractivity contribution < 1.29 is 0 Å². The first kappa shape index (κ1) is 13.8. The van der Waals surface area contributed by atoms with Crippen molar-refractivity contribution in [3.8, 4) is 0 Å². The number of hydrogen-bond acceptors (Lipinski definition) is 2. The van der Waals surface area contributed by atoms with Gasteiger partial charge >= 0.3 is 0 Å². The third-order valence-electron chi connectivity index (χ3n) is 4.46. The van der Waals surface area contributed by atoms with E-state index in [1.54, 1.807) is 0 Å². The highest BCUT2D eigenvalue weighted by molar-refractivity contribution is 7.80. The van der Waals surface area contributed by atoms with E-state index >= 15 is 0 Å².